The number of hydrogen-bond donors (Lipinski definition) is 2. The lowest BCUT2D eigenvalue weighted by Gasteiger charge is -2.17. The monoisotopic (exact) mass is 311 g/mol. The normalized spacial score (nSPS) is 16.5. The van der Waals surface area contributed by atoms with Crippen LogP contribution in [0.2, 0.25) is 5.02 Å². The van der Waals surface area contributed by atoms with Crippen molar-refractivity contribution >= 4 is 23.5 Å². The van der Waals surface area contributed by atoms with Crippen LogP contribution in [0.25, 0.3) is 0 Å². The number of halogens is 1. The molecule has 1 aromatic rings. The van der Waals surface area contributed by atoms with Gasteiger partial charge in [0, 0.05) is 11.1 Å². The minimum absolute atomic E-state index is 0.0140. The summed E-state index contributed by atoms with van der Waals surface area (Å²) in [4.78, 5) is 23.9. The van der Waals surface area contributed by atoms with Crippen LogP contribution in [0, 0.1) is 0 Å². The van der Waals surface area contributed by atoms with Gasteiger partial charge >= 0.3 is 5.97 Å². The highest BCUT2D eigenvalue weighted by Crippen LogP contribution is 2.23. The van der Waals surface area contributed by atoms with Gasteiger partial charge in [-0.2, -0.15) is 0 Å². The Kier molecular flexibility index (Phi) is 5.07. The fraction of sp³-hybridized carbons (Fsp3) is 0.467. The lowest BCUT2D eigenvalue weighted by molar-refractivity contribution is -0.129. The van der Waals surface area contributed by atoms with E-state index in [9.17, 15) is 14.7 Å². The number of rotatable bonds is 4. The molecule has 0 unspecified atom stereocenters. The number of benzene rings is 1. The quantitative estimate of drug-likeness (QED) is 0.838. The molecule has 0 saturated heterocycles. The highest BCUT2D eigenvalue weighted by atomic mass is 35.5. The molecule has 21 heavy (non-hydrogen) atoms. The lowest BCUT2D eigenvalue weighted by atomic mass is 10.2. The van der Waals surface area contributed by atoms with Crippen LogP contribution < -0.4 is 5.32 Å². The third kappa shape index (κ3) is 4.11. The molecule has 1 saturated carbocycles. The van der Waals surface area contributed by atoms with Gasteiger partial charge in [-0.25, -0.2) is 4.79 Å². The van der Waals surface area contributed by atoms with Crippen LogP contribution >= 0.6 is 11.6 Å². The molecule has 0 bridgehead atoms. The fourth-order valence-electron chi connectivity index (χ4n) is 2.34. The number of aromatic hydroxyl groups is 1. The number of esters is 1. The molecule has 114 valence electrons. The lowest BCUT2D eigenvalue weighted by Crippen LogP contribution is -2.40. The number of hydrogen-bond acceptors (Lipinski definition) is 4. The second-order valence-electron chi connectivity index (χ2n) is 5.20. The van der Waals surface area contributed by atoms with Gasteiger partial charge in [0.05, 0.1) is 0 Å². The Bertz CT molecular complexity index is 540. The SMILES string of the molecule is C[C@@H](OC(=O)c1ccc(Cl)cc1O)C(=O)NC1CCCC1. The van der Waals surface area contributed by atoms with E-state index in [1.807, 2.05) is 0 Å². The summed E-state index contributed by atoms with van der Waals surface area (Å²) in [5.74, 6) is -1.34. The molecular formula is C15H18ClNO4. The topological polar surface area (TPSA) is 75.6 Å². The van der Waals surface area contributed by atoms with Gasteiger partial charge < -0.3 is 15.2 Å². The Morgan fingerprint density at radius 1 is 1.38 bits per heavy atom. The number of phenolic OH excluding ortho intramolecular Hbond substituents is 1. The van der Waals surface area contributed by atoms with Crippen molar-refractivity contribution in [3.8, 4) is 5.75 Å². The Morgan fingerprint density at radius 3 is 2.67 bits per heavy atom. The molecule has 1 amide bonds. The van der Waals surface area contributed by atoms with E-state index in [-0.39, 0.29) is 23.3 Å². The maximum absolute atomic E-state index is 11.9. The first kappa shape index (κ1) is 15.6. The maximum atomic E-state index is 11.9. The van der Waals surface area contributed by atoms with Gasteiger partial charge in [0.2, 0.25) is 0 Å². The standard InChI is InChI=1S/C15H18ClNO4/c1-9(14(19)17-11-4-2-3-5-11)21-15(20)12-7-6-10(16)8-13(12)18/h6-9,11,18H,2-5H2,1H3,(H,17,19)/t9-/m1/s1. The summed E-state index contributed by atoms with van der Waals surface area (Å²) in [5.41, 5.74) is -0.0140. The average molecular weight is 312 g/mol. The van der Waals surface area contributed by atoms with Crippen LogP contribution in [-0.4, -0.2) is 29.1 Å². The van der Waals surface area contributed by atoms with Crippen molar-refractivity contribution in [1.82, 2.24) is 5.32 Å². The first-order valence-corrected chi connectivity index (χ1v) is 7.35. The number of carbonyl (C=O) groups excluding carboxylic acids is 2. The Hall–Kier alpha value is -1.75. The van der Waals surface area contributed by atoms with Crippen molar-refractivity contribution < 1.29 is 19.4 Å². The van der Waals surface area contributed by atoms with Gasteiger partial charge in [-0.05, 0) is 38.0 Å². The molecule has 0 aromatic heterocycles. The Balaban J connectivity index is 1.93. The van der Waals surface area contributed by atoms with Gasteiger partial charge in [0.1, 0.15) is 11.3 Å². The van der Waals surface area contributed by atoms with Gasteiger partial charge in [-0.3, -0.25) is 4.79 Å². The fourth-order valence-corrected chi connectivity index (χ4v) is 2.51. The van der Waals surface area contributed by atoms with Crippen molar-refractivity contribution in [2.24, 2.45) is 0 Å². The average Bonchev–Trinajstić information content (AvgIpc) is 2.91. The molecule has 1 atom stereocenters. The molecule has 5 nitrogen and oxygen atoms in total. The molecule has 2 N–H and O–H groups in total. The minimum Gasteiger partial charge on any atom is -0.507 e. The van der Waals surface area contributed by atoms with Crippen molar-refractivity contribution in [1.29, 1.82) is 0 Å². The van der Waals surface area contributed by atoms with E-state index in [0.29, 0.717) is 5.02 Å². The minimum atomic E-state index is -0.909. The highest BCUT2D eigenvalue weighted by molar-refractivity contribution is 6.30. The van der Waals surface area contributed by atoms with Crippen molar-refractivity contribution in [3.63, 3.8) is 0 Å². The van der Waals surface area contributed by atoms with Gasteiger partial charge in [0.25, 0.3) is 5.91 Å². The summed E-state index contributed by atoms with van der Waals surface area (Å²) in [7, 11) is 0. The largest absolute Gasteiger partial charge is 0.507 e. The first-order chi connectivity index (χ1) is 9.97. The maximum Gasteiger partial charge on any atom is 0.342 e. The smallest absolute Gasteiger partial charge is 0.342 e. The zero-order valence-corrected chi connectivity index (χ0v) is 12.5. The van der Waals surface area contributed by atoms with E-state index in [1.54, 1.807) is 0 Å². The van der Waals surface area contributed by atoms with Crippen molar-refractivity contribution in [2.75, 3.05) is 0 Å². The zero-order valence-electron chi connectivity index (χ0n) is 11.8. The molecule has 1 aliphatic carbocycles. The van der Waals surface area contributed by atoms with Gasteiger partial charge in [-0.1, -0.05) is 24.4 Å². The van der Waals surface area contributed by atoms with E-state index in [4.69, 9.17) is 16.3 Å². The van der Waals surface area contributed by atoms with E-state index in [2.05, 4.69) is 5.32 Å². The third-order valence-electron chi connectivity index (χ3n) is 3.53. The van der Waals surface area contributed by atoms with Crippen LogP contribution in [0.4, 0.5) is 0 Å². The van der Waals surface area contributed by atoms with E-state index in [0.717, 1.165) is 25.7 Å². The second kappa shape index (κ2) is 6.80. The van der Waals surface area contributed by atoms with E-state index >= 15 is 0 Å². The molecular weight excluding hydrogens is 294 g/mol. The van der Waals surface area contributed by atoms with E-state index < -0.39 is 12.1 Å². The number of ether oxygens (including phenoxy) is 1. The Labute approximate surface area is 128 Å². The zero-order chi connectivity index (χ0) is 15.4. The van der Waals surface area contributed by atoms with Crippen LogP contribution in [0.5, 0.6) is 5.75 Å². The van der Waals surface area contributed by atoms with E-state index in [1.165, 1.54) is 25.1 Å². The molecule has 0 heterocycles. The van der Waals surface area contributed by atoms with Crippen LogP contribution in [-0.2, 0) is 9.53 Å². The summed E-state index contributed by atoms with van der Waals surface area (Å²) in [6, 6.07) is 4.26. The van der Waals surface area contributed by atoms with Crippen molar-refractivity contribution in [3.05, 3.63) is 28.8 Å². The molecule has 0 radical (unpaired) electrons. The third-order valence-corrected chi connectivity index (χ3v) is 3.77. The summed E-state index contributed by atoms with van der Waals surface area (Å²) >= 11 is 5.70. The molecule has 0 aliphatic heterocycles. The number of nitrogens with one attached hydrogen (secondary N) is 1. The molecule has 1 aliphatic rings. The van der Waals surface area contributed by atoms with Crippen LogP contribution in [0.1, 0.15) is 43.0 Å². The van der Waals surface area contributed by atoms with Crippen molar-refractivity contribution in [2.45, 2.75) is 44.8 Å². The summed E-state index contributed by atoms with van der Waals surface area (Å²) in [6.07, 6.45) is 3.23. The molecule has 2 rings (SSSR count). The van der Waals surface area contributed by atoms with Gasteiger partial charge in [0.15, 0.2) is 6.10 Å². The Morgan fingerprint density at radius 2 is 2.05 bits per heavy atom. The van der Waals surface area contributed by atoms with Crippen LogP contribution in [0.3, 0.4) is 0 Å². The molecule has 1 aromatic carbocycles. The molecule has 1 fully saturated rings. The molecule has 6 heteroatoms. The predicted molar refractivity (Wildman–Crippen MR) is 78.4 cm³/mol. The van der Waals surface area contributed by atoms with Gasteiger partial charge in [-0.15, -0.1) is 0 Å². The summed E-state index contributed by atoms with van der Waals surface area (Å²) in [6.45, 7) is 1.51. The number of phenols is 1. The first-order valence-electron chi connectivity index (χ1n) is 6.97. The highest BCUT2D eigenvalue weighted by Gasteiger charge is 2.24. The summed E-state index contributed by atoms with van der Waals surface area (Å²) in [5, 5.41) is 12.8. The number of amides is 1. The molecule has 0 spiro atoms. The summed E-state index contributed by atoms with van der Waals surface area (Å²) < 4.78 is 5.08. The van der Waals surface area contributed by atoms with Crippen LogP contribution in [0.15, 0.2) is 18.2 Å². The predicted octanol–water partition coefficient (Wildman–Crippen LogP) is 2.65. The number of carbonyl (C=O) groups is 2. The second-order valence-corrected chi connectivity index (χ2v) is 5.64.